The average molecular weight is 261 g/mol. The van der Waals surface area contributed by atoms with E-state index in [4.69, 9.17) is 11.6 Å². The molecule has 0 bridgehead atoms. The summed E-state index contributed by atoms with van der Waals surface area (Å²) in [4.78, 5) is 3.80. The van der Waals surface area contributed by atoms with Gasteiger partial charge in [0.15, 0.2) is 0 Å². The van der Waals surface area contributed by atoms with Crippen molar-refractivity contribution in [2.45, 2.75) is 31.2 Å². The maximum absolute atomic E-state index is 12.0. The minimum atomic E-state index is -3.54. The van der Waals surface area contributed by atoms with E-state index in [1.54, 1.807) is 6.07 Å². The van der Waals surface area contributed by atoms with Crippen LogP contribution in [0.25, 0.3) is 0 Å². The summed E-state index contributed by atoms with van der Waals surface area (Å²) in [6.07, 6.45) is 2.31. The van der Waals surface area contributed by atoms with Gasteiger partial charge in [0.05, 0.1) is 0 Å². The molecule has 6 heteroatoms. The van der Waals surface area contributed by atoms with Crippen LogP contribution in [-0.2, 0) is 10.0 Å². The molecule has 1 aromatic heterocycles. The molecule has 0 spiro atoms. The summed E-state index contributed by atoms with van der Waals surface area (Å²) < 4.78 is 26.5. The van der Waals surface area contributed by atoms with Gasteiger partial charge in [-0.05, 0) is 24.0 Å². The molecule has 0 aromatic carbocycles. The molecule has 16 heavy (non-hydrogen) atoms. The molecule has 0 saturated heterocycles. The average Bonchev–Trinajstić information content (AvgIpc) is 2.72. The minimum Gasteiger partial charge on any atom is -0.243 e. The summed E-state index contributed by atoms with van der Waals surface area (Å²) in [6, 6.07) is 3.00. The SMILES string of the molecule is CC1(C)CC1NS(=O)(=O)c1cccnc1Cl. The number of halogens is 1. The van der Waals surface area contributed by atoms with Gasteiger partial charge in [-0.2, -0.15) is 0 Å². The Hall–Kier alpha value is -0.650. The predicted molar refractivity (Wildman–Crippen MR) is 61.8 cm³/mol. The fraction of sp³-hybridized carbons (Fsp3) is 0.500. The highest BCUT2D eigenvalue weighted by molar-refractivity contribution is 7.89. The second-order valence-corrected chi connectivity index (χ2v) is 6.70. The second-order valence-electron chi connectivity index (χ2n) is 4.66. The van der Waals surface area contributed by atoms with E-state index in [1.165, 1.54) is 12.3 Å². The van der Waals surface area contributed by atoms with Crippen LogP contribution in [0.2, 0.25) is 5.15 Å². The van der Waals surface area contributed by atoms with Crippen molar-refractivity contribution in [3.05, 3.63) is 23.5 Å². The van der Waals surface area contributed by atoms with Crippen LogP contribution in [0.15, 0.2) is 23.2 Å². The van der Waals surface area contributed by atoms with Crippen LogP contribution in [0.5, 0.6) is 0 Å². The third kappa shape index (κ3) is 2.21. The van der Waals surface area contributed by atoms with E-state index in [1.807, 2.05) is 13.8 Å². The Morgan fingerprint density at radius 3 is 2.69 bits per heavy atom. The molecule has 1 aromatic rings. The maximum Gasteiger partial charge on any atom is 0.243 e. The van der Waals surface area contributed by atoms with Crippen LogP contribution in [0, 0.1) is 5.41 Å². The Morgan fingerprint density at radius 1 is 1.56 bits per heavy atom. The lowest BCUT2D eigenvalue weighted by Gasteiger charge is -2.08. The van der Waals surface area contributed by atoms with Crippen molar-refractivity contribution < 1.29 is 8.42 Å². The van der Waals surface area contributed by atoms with E-state index in [-0.39, 0.29) is 21.5 Å². The largest absolute Gasteiger partial charge is 0.243 e. The van der Waals surface area contributed by atoms with Crippen LogP contribution in [0.4, 0.5) is 0 Å². The highest BCUT2D eigenvalue weighted by Crippen LogP contribution is 2.45. The normalized spacial score (nSPS) is 23.1. The van der Waals surface area contributed by atoms with Gasteiger partial charge in [-0.25, -0.2) is 18.1 Å². The zero-order chi connectivity index (χ0) is 12.0. The molecule has 2 rings (SSSR count). The molecule has 88 valence electrons. The van der Waals surface area contributed by atoms with E-state index in [0.29, 0.717) is 0 Å². The van der Waals surface area contributed by atoms with Crippen molar-refractivity contribution in [2.24, 2.45) is 5.41 Å². The molecule has 1 saturated carbocycles. The Balaban J connectivity index is 2.24. The summed E-state index contributed by atoms with van der Waals surface area (Å²) in [6.45, 7) is 4.04. The molecule has 4 nitrogen and oxygen atoms in total. The number of hydrogen-bond donors (Lipinski definition) is 1. The Bertz CT molecular complexity index is 513. The lowest BCUT2D eigenvalue weighted by molar-refractivity contribution is 0.554. The van der Waals surface area contributed by atoms with Crippen LogP contribution in [0.3, 0.4) is 0 Å². The number of rotatable bonds is 3. The van der Waals surface area contributed by atoms with E-state index < -0.39 is 10.0 Å². The molecule has 1 aliphatic rings. The van der Waals surface area contributed by atoms with E-state index >= 15 is 0 Å². The van der Waals surface area contributed by atoms with Gasteiger partial charge in [0, 0.05) is 12.2 Å². The van der Waals surface area contributed by atoms with Gasteiger partial charge in [0.25, 0.3) is 0 Å². The first-order valence-electron chi connectivity index (χ1n) is 4.96. The fourth-order valence-corrected chi connectivity index (χ4v) is 3.35. The highest BCUT2D eigenvalue weighted by atomic mass is 35.5. The molecule has 1 heterocycles. The topological polar surface area (TPSA) is 59.1 Å². The zero-order valence-corrected chi connectivity index (χ0v) is 10.6. The van der Waals surface area contributed by atoms with Gasteiger partial charge in [0.1, 0.15) is 10.0 Å². The number of nitrogens with zero attached hydrogens (tertiary/aromatic N) is 1. The predicted octanol–water partition coefficient (Wildman–Crippen LogP) is 1.81. The molecule has 0 amide bonds. The molecule has 1 unspecified atom stereocenters. The molecule has 1 fully saturated rings. The monoisotopic (exact) mass is 260 g/mol. The number of sulfonamides is 1. The molecule has 1 atom stereocenters. The number of aromatic nitrogens is 1. The van der Waals surface area contributed by atoms with Gasteiger partial charge < -0.3 is 0 Å². The van der Waals surface area contributed by atoms with E-state index in [0.717, 1.165) is 6.42 Å². The first kappa shape index (κ1) is 11.8. The molecule has 1 aliphatic carbocycles. The molecular formula is C10H13ClN2O2S. The van der Waals surface area contributed by atoms with Crippen molar-refractivity contribution in [3.63, 3.8) is 0 Å². The summed E-state index contributed by atoms with van der Waals surface area (Å²) in [5.74, 6) is 0. The van der Waals surface area contributed by atoms with Crippen molar-refractivity contribution in [1.82, 2.24) is 9.71 Å². The first-order valence-corrected chi connectivity index (χ1v) is 6.82. The lowest BCUT2D eigenvalue weighted by atomic mass is 10.2. The minimum absolute atomic E-state index is 0.00577. The van der Waals surface area contributed by atoms with Crippen LogP contribution in [-0.4, -0.2) is 19.4 Å². The molecule has 1 N–H and O–H groups in total. The number of pyridine rings is 1. The van der Waals surface area contributed by atoms with Crippen molar-refractivity contribution in [1.29, 1.82) is 0 Å². The number of hydrogen-bond acceptors (Lipinski definition) is 3. The standard InChI is InChI=1S/C10H13ClN2O2S/c1-10(2)6-8(10)13-16(14,15)7-4-3-5-12-9(7)11/h3-5,8,13H,6H2,1-2H3. The number of nitrogens with one attached hydrogen (secondary N) is 1. The van der Waals surface area contributed by atoms with Gasteiger partial charge in [-0.3, -0.25) is 0 Å². The third-order valence-electron chi connectivity index (χ3n) is 2.83. The van der Waals surface area contributed by atoms with Crippen molar-refractivity contribution >= 4 is 21.6 Å². The summed E-state index contributed by atoms with van der Waals surface area (Å²) >= 11 is 5.75. The summed E-state index contributed by atoms with van der Waals surface area (Å²) in [5, 5.41) is 0.00783. The Labute approximate surface area is 100 Å². The quantitative estimate of drug-likeness (QED) is 0.844. The van der Waals surface area contributed by atoms with Gasteiger partial charge in [-0.1, -0.05) is 25.4 Å². The van der Waals surface area contributed by atoms with Crippen molar-refractivity contribution in [3.8, 4) is 0 Å². The van der Waals surface area contributed by atoms with Crippen LogP contribution >= 0.6 is 11.6 Å². The van der Waals surface area contributed by atoms with E-state index in [2.05, 4.69) is 9.71 Å². The third-order valence-corrected chi connectivity index (χ3v) is 4.74. The fourth-order valence-electron chi connectivity index (χ4n) is 1.49. The highest BCUT2D eigenvalue weighted by Gasteiger charge is 2.48. The van der Waals surface area contributed by atoms with Gasteiger partial charge in [-0.15, -0.1) is 0 Å². The second kappa shape index (κ2) is 3.68. The summed E-state index contributed by atoms with van der Waals surface area (Å²) in [5.41, 5.74) is 0.0434. The lowest BCUT2D eigenvalue weighted by Crippen LogP contribution is -2.28. The molecule has 0 aliphatic heterocycles. The molecular weight excluding hydrogens is 248 g/mol. The van der Waals surface area contributed by atoms with E-state index in [9.17, 15) is 8.42 Å². The molecule has 0 radical (unpaired) electrons. The Morgan fingerprint density at radius 2 is 2.19 bits per heavy atom. The van der Waals surface area contributed by atoms with Gasteiger partial charge >= 0.3 is 0 Å². The Kier molecular flexibility index (Phi) is 2.72. The van der Waals surface area contributed by atoms with Crippen LogP contribution in [0.1, 0.15) is 20.3 Å². The smallest absolute Gasteiger partial charge is 0.243 e. The van der Waals surface area contributed by atoms with Gasteiger partial charge in [0.2, 0.25) is 10.0 Å². The first-order chi connectivity index (χ1) is 7.33. The van der Waals surface area contributed by atoms with Crippen LogP contribution < -0.4 is 4.72 Å². The zero-order valence-electron chi connectivity index (χ0n) is 9.07. The summed E-state index contributed by atoms with van der Waals surface area (Å²) in [7, 11) is -3.54. The van der Waals surface area contributed by atoms with Crippen molar-refractivity contribution in [2.75, 3.05) is 0 Å². The maximum atomic E-state index is 12.0.